The Balaban J connectivity index is 1.93. The van der Waals surface area contributed by atoms with Crippen LogP contribution in [0.25, 0.3) is 10.8 Å². The molecule has 3 aromatic rings. The van der Waals surface area contributed by atoms with Crippen LogP contribution < -0.4 is 10.9 Å². The van der Waals surface area contributed by atoms with Crippen molar-refractivity contribution in [2.75, 3.05) is 12.4 Å². The number of amides is 1. The van der Waals surface area contributed by atoms with Gasteiger partial charge in [-0.25, -0.2) is 4.68 Å². The van der Waals surface area contributed by atoms with Gasteiger partial charge in [0.25, 0.3) is 5.56 Å². The molecule has 138 valence electrons. The van der Waals surface area contributed by atoms with E-state index in [1.807, 2.05) is 0 Å². The third-order valence-electron chi connectivity index (χ3n) is 3.89. The van der Waals surface area contributed by atoms with Gasteiger partial charge in [0.1, 0.15) is 6.54 Å². The molecule has 8 heteroatoms. The zero-order chi connectivity index (χ0) is 19.4. The first kappa shape index (κ1) is 18.6. The second-order valence-corrected chi connectivity index (χ2v) is 6.20. The number of ether oxygens (including phenoxy) is 1. The Morgan fingerprint density at radius 1 is 1.15 bits per heavy atom. The Hall–Kier alpha value is -3.19. The van der Waals surface area contributed by atoms with Gasteiger partial charge in [0, 0.05) is 16.1 Å². The smallest absolute Gasteiger partial charge is 0.311 e. The summed E-state index contributed by atoms with van der Waals surface area (Å²) in [6, 6.07) is 13.5. The molecule has 0 bridgehead atoms. The van der Waals surface area contributed by atoms with Gasteiger partial charge in [-0.3, -0.25) is 14.4 Å². The standard InChI is InChI=1S/C19H16ClN3O4/c1-27-18(25)10-16-14-7-2-3-8-15(14)19(26)23(22-16)11-17(24)21-13-6-4-5-12(20)9-13/h2-9H,10-11H2,1H3,(H,21,24). The molecule has 0 aliphatic rings. The molecule has 1 aromatic heterocycles. The highest BCUT2D eigenvalue weighted by Gasteiger charge is 2.15. The average Bonchev–Trinajstić information content (AvgIpc) is 2.65. The number of nitrogens with zero attached hydrogens (tertiary/aromatic N) is 2. The van der Waals surface area contributed by atoms with Crippen molar-refractivity contribution in [1.82, 2.24) is 9.78 Å². The van der Waals surface area contributed by atoms with Crippen molar-refractivity contribution >= 4 is 39.9 Å². The minimum atomic E-state index is -0.485. The Morgan fingerprint density at radius 3 is 2.59 bits per heavy atom. The van der Waals surface area contributed by atoms with E-state index >= 15 is 0 Å². The fourth-order valence-corrected chi connectivity index (χ4v) is 2.84. The molecule has 0 saturated carbocycles. The van der Waals surface area contributed by atoms with Crippen molar-refractivity contribution in [2.45, 2.75) is 13.0 Å². The number of aromatic nitrogens is 2. The number of carbonyl (C=O) groups is 2. The van der Waals surface area contributed by atoms with Crippen molar-refractivity contribution in [3.8, 4) is 0 Å². The van der Waals surface area contributed by atoms with Gasteiger partial charge >= 0.3 is 5.97 Å². The largest absolute Gasteiger partial charge is 0.469 e. The van der Waals surface area contributed by atoms with E-state index in [4.69, 9.17) is 11.6 Å². The first-order valence-electron chi connectivity index (χ1n) is 8.09. The highest BCUT2D eigenvalue weighted by molar-refractivity contribution is 6.30. The molecule has 0 fully saturated rings. The van der Waals surface area contributed by atoms with Crippen LogP contribution in [0, 0.1) is 0 Å². The molecule has 0 aliphatic heterocycles. The molecule has 1 amide bonds. The van der Waals surface area contributed by atoms with Gasteiger partial charge in [-0.2, -0.15) is 5.10 Å². The van der Waals surface area contributed by atoms with E-state index < -0.39 is 17.4 Å². The van der Waals surface area contributed by atoms with Crippen molar-refractivity contribution in [3.05, 3.63) is 69.6 Å². The number of nitrogens with one attached hydrogen (secondary N) is 1. The summed E-state index contributed by atoms with van der Waals surface area (Å²) in [6.45, 7) is -0.301. The second-order valence-electron chi connectivity index (χ2n) is 5.77. The van der Waals surface area contributed by atoms with E-state index in [1.165, 1.54) is 7.11 Å². The van der Waals surface area contributed by atoms with E-state index in [2.05, 4.69) is 15.2 Å². The highest BCUT2D eigenvalue weighted by atomic mass is 35.5. The quantitative estimate of drug-likeness (QED) is 0.681. The molecule has 1 heterocycles. The molecule has 27 heavy (non-hydrogen) atoms. The van der Waals surface area contributed by atoms with Gasteiger partial charge in [-0.05, 0) is 24.3 Å². The maximum Gasteiger partial charge on any atom is 0.311 e. The summed E-state index contributed by atoms with van der Waals surface area (Å²) < 4.78 is 5.73. The van der Waals surface area contributed by atoms with Gasteiger partial charge in [-0.15, -0.1) is 0 Å². The van der Waals surface area contributed by atoms with Crippen LogP contribution in [-0.4, -0.2) is 28.8 Å². The maximum absolute atomic E-state index is 12.7. The number of hydrogen-bond donors (Lipinski definition) is 1. The molecule has 0 radical (unpaired) electrons. The molecular formula is C19H16ClN3O4. The molecule has 0 aliphatic carbocycles. The van der Waals surface area contributed by atoms with Crippen LogP contribution in [0.15, 0.2) is 53.3 Å². The molecule has 0 atom stereocenters. The number of rotatable bonds is 5. The first-order valence-corrected chi connectivity index (χ1v) is 8.46. The van der Waals surface area contributed by atoms with E-state index in [0.29, 0.717) is 27.2 Å². The summed E-state index contributed by atoms with van der Waals surface area (Å²) >= 11 is 5.90. The van der Waals surface area contributed by atoms with Crippen LogP contribution in [0.5, 0.6) is 0 Å². The summed E-state index contributed by atoms with van der Waals surface area (Å²) in [5.74, 6) is -0.924. The lowest BCUT2D eigenvalue weighted by atomic mass is 10.1. The fraction of sp³-hybridized carbons (Fsp3) is 0.158. The highest BCUT2D eigenvalue weighted by Crippen LogP contribution is 2.16. The number of carbonyl (C=O) groups excluding carboxylic acids is 2. The molecule has 0 spiro atoms. The van der Waals surface area contributed by atoms with Gasteiger partial charge in [-0.1, -0.05) is 35.9 Å². The zero-order valence-corrected chi connectivity index (χ0v) is 15.2. The molecule has 2 aromatic carbocycles. The third-order valence-corrected chi connectivity index (χ3v) is 4.12. The minimum absolute atomic E-state index is 0.104. The van der Waals surface area contributed by atoms with Gasteiger partial charge in [0.15, 0.2) is 0 Å². The van der Waals surface area contributed by atoms with Crippen LogP contribution in [0.2, 0.25) is 5.02 Å². The van der Waals surface area contributed by atoms with Crippen molar-refractivity contribution < 1.29 is 14.3 Å². The lowest BCUT2D eigenvalue weighted by molar-refractivity contribution is -0.139. The van der Waals surface area contributed by atoms with Crippen LogP contribution in [0.4, 0.5) is 5.69 Å². The fourth-order valence-electron chi connectivity index (χ4n) is 2.65. The monoisotopic (exact) mass is 385 g/mol. The Labute approximate surface area is 159 Å². The Bertz CT molecular complexity index is 1080. The number of halogens is 1. The summed E-state index contributed by atoms with van der Waals surface area (Å²) in [6.07, 6.45) is -0.104. The predicted octanol–water partition coefficient (Wildman–Crippen LogP) is 2.40. The SMILES string of the molecule is COC(=O)Cc1nn(CC(=O)Nc2cccc(Cl)c2)c(=O)c2ccccc12. The zero-order valence-electron chi connectivity index (χ0n) is 14.4. The summed E-state index contributed by atoms with van der Waals surface area (Å²) in [7, 11) is 1.28. The number of anilines is 1. The summed E-state index contributed by atoms with van der Waals surface area (Å²) in [5.41, 5.74) is 0.462. The normalized spacial score (nSPS) is 10.6. The number of fused-ring (bicyclic) bond motifs is 1. The molecular weight excluding hydrogens is 370 g/mol. The first-order chi connectivity index (χ1) is 13.0. The van der Waals surface area contributed by atoms with E-state index in [9.17, 15) is 14.4 Å². The lowest BCUT2D eigenvalue weighted by Crippen LogP contribution is -2.31. The Morgan fingerprint density at radius 2 is 1.89 bits per heavy atom. The molecule has 0 unspecified atom stereocenters. The van der Waals surface area contributed by atoms with Crippen molar-refractivity contribution in [1.29, 1.82) is 0 Å². The van der Waals surface area contributed by atoms with Crippen molar-refractivity contribution in [2.24, 2.45) is 0 Å². The Kier molecular flexibility index (Phi) is 5.52. The number of hydrogen-bond acceptors (Lipinski definition) is 5. The average molecular weight is 386 g/mol. The summed E-state index contributed by atoms with van der Waals surface area (Å²) in [4.78, 5) is 36.7. The number of benzene rings is 2. The topological polar surface area (TPSA) is 90.3 Å². The van der Waals surface area contributed by atoms with Gasteiger partial charge < -0.3 is 10.1 Å². The lowest BCUT2D eigenvalue weighted by Gasteiger charge is -2.11. The molecule has 0 saturated heterocycles. The van der Waals surface area contributed by atoms with E-state index in [1.54, 1.807) is 48.5 Å². The van der Waals surface area contributed by atoms with Crippen LogP contribution >= 0.6 is 11.6 Å². The van der Waals surface area contributed by atoms with E-state index in [-0.39, 0.29) is 13.0 Å². The minimum Gasteiger partial charge on any atom is -0.469 e. The van der Waals surface area contributed by atoms with E-state index in [0.717, 1.165) is 4.68 Å². The maximum atomic E-state index is 12.7. The molecule has 3 rings (SSSR count). The van der Waals surface area contributed by atoms with Crippen molar-refractivity contribution in [3.63, 3.8) is 0 Å². The van der Waals surface area contributed by atoms with Gasteiger partial charge in [0.2, 0.25) is 5.91 Å². The third kappa shape index (κ3) is 4.32. The summed E-state index contributed by atoms with van der Waals surface area (Å²) in [5, 5.41) is 8.28. The van der Waals surface area contributed by atoms with Crippen LogP contribution in [-0.2, 0) is 27.3 Å². The van der Waals surface area contributed by atoms with Crippen LogP contribution in [0.3, 0.4) is 0 Å². The second kappa shape index (κ2) is 8.01. The molecule has 1 N–H and O–H groups in total. The number of esters is 1. The number of methoxy groups -OCH3 is 1. The van der Waals surface area contributed by atoms with Crippen LogP contribution in [0.1, 0.15) is 5.69 Å². The predicted molar refractivity (Wildman–Crippen MR) is 102 cm³/mol. The van der Waals surface area contributed by atoms with Gasteiger partial charge in [0.05, 0.1) is 24.6 Å². The molecule has 7 nitrogen and oxygen atoms in total.